The van der Waals surface area contributed by atoms with Crippen molar-refractivity contribution in [2.75, 3.05) is 13.2 Å². The maximum Gasteiger partial charge on any atom is 0.469 e. The molecule has 1 fully saturated rings. The highest BCUT2D eigenvalue weighted by molar-refractivity contribution is 7.46. The lowest BCUT2D eigenvalue weighted by Crippen LogP contribution is -2.29. The number of esters is 2. The average molecular weight is 691 g/mol. The Morgan fingerprint density at radius 3 is 2.11 bits per heavy atom. The highest BCUT2D eigenvalue weighted by Gasteiger charge is 2.39. The third-order valence-electron chi connectivity index (χ3n) is 8.62. The van der Waals surface area contributed by atoms with Crippen LogP contribution in [-0.2, 0) is 32.9 Å². The lowest BCUT2D eigenvalue weighted by atomic mass is 9.88. The second-order valence-electron chi connectivity index (χ2n) is 13.5. The number of phosphoric acid groups is 1. The monoisotopic (exact) mass is 690 g/mol. The van der Waals surface area contributed by atoms with Crippen LogP contribution in [0.4, 0.5) is 0 Å². The number of carbonyl (C=O) groups is 3. The lowest BCUT2D eigenvalue weighted by molar-refractivity contribution is -0.161. The van der Waals surface area contributed by atoms with Gasteiger partial charge in [0, 0.05) is 25.2 Å². The summed E-state index contributed by atoms with van der Waals surface area (Å²) in [5.41, 5.74) is 0. The van der Waals surface area contributed by atoms with E-state index in [4.69, 9.17) is 19.3 Å². The number of rotatable bonds is 28. The highest BCUT2D eigenvalue weighted by atomic mass is 31.2. The quantitative estimate of drug-likeness (QED) is 0.0296. The van der Waals surface area contributed by atoms with Gasteiger partial charge in [-0.1, -0.05) is 110 Å². The van der Waals surface area contributed by atoms with Crippen LogP contribution in [0.1, 0.15) is 143 Å². The molecule has 1 aliphatic rings. The minimum atomic E-state index is -4.80. The van der Waals surface area contributed by atoms with Crippen LogP contribution in [0.15, 0.2) is 12.2 Å². The fraction of sp³-hybridized carbons (Fsp3) is 0.857. The van der Waals surface area contributed by atoms with Crippen LogP contribution in [0.2, 0.25) is 0 Å². The number of ketones is 1. The number of aliphatic hydroxyl groups is 2. The van der Waals surface area contributed by atoms with Gasteiger partial charge in [-0.25, -0.2) is 4.57 Å². The van der Waals surface area contributed by atoms with Gasteiger partial charge in [-0.3, -0.25) is 18.9 Å². The molecule has 0 bridgehead atoms. The molecule has 1 rings (SSSR count). The van der Waals surface area contributed by atoms with Gasteiger partial charge in [0.05, 0.1) is 18.8 Å². The Bertz CT molecular complexity index is 948. The number of aliphatic hydroxyl groups excluding tert-OH is 2. The topological polar surface area (TPSA) is 177 Å². The summed E-state index contributed by atoms with van der Waals surface area (Å²) < 4.78 is 26.2. The van der Waals surface area contributed by atoms with Gasteiger partial charge in [0.25, 0.3) is 0 Å². The Hall–Kier alpha value is -1.62. The predicted octanol–water partition coefficient (Wildman–Crippen LogP) is 6.73. The second kappa shape index (κ2) is 25.4. The molecule has 11 nitrogen and oxygen atoms in total. The molecule has 0 aromatic rings. The van der Waals surface area contributed by atoms with E-state index in [9.17, 15) is 29.2 Å². The molecular weight excluding hydrogens is 627 g/mol. The van der Waals surface area contributed by atoms with Crippen LogP contribution in [0.5, 0.6) is 0 Å². The van der Waals surface area contributed by atoms with Gasteiger partial charge < -0.3 is 29.5 Å². The van der Waals surface area contributed by atoms with Gasteiger partial charge in [-0.15, -0.1) is 0 Å². The van der Waals surface area contributed by atoms with Crippen molar-refractivity contribution in [2.24, 2.45) is 17.8 Å². The molecule has 0 aromatic heterocycles. The normalized spacial score (nSPS) is 19.8. The van der Waals surface area contributed by atoms with Crippen molar-refractivity contribution in [3.63, 3.8) is 0 Å². The molecule has 0 saturated heterocycles. The molecule has 1 saturated carbocycles. The Balaban J connectivity index is 2.34. The van der Waals surface area contributed by atoms with Crippen molar-refractivity contribution < 1.29 is 52.9 Å². The lowest BCUT2D eigenvalue weighted by Gasteiger charge is -2.19. The van der Waals surface area contributed by atoms with Crippen LogP contribution in [0.3, 0.4) is 0 Å². The fourth-order valence-electron chi connectivity index (χ4n) is 5.87. The number of hydrogen-bond donors (Lipinski definition) is 4. The highest BCUT2D eigenvalue weighted by Crippen LogP contribution is 2.36. The van der Waals surface area contributed by atoms with Gasteiger partial charge in [0.1, 0.15) is 12.4 Å². The minimum absolute atomic E-state index is 0.000309. The molecular formula is C35H63O11P. The first kappa shape index (κ1) is 43.4. The molecule has 0 aliphatic heterocycles. The molecule has 0 radical (unpaired) electrons. The molecule has 5 atom stereocenters. The number of Topliss-reactive ketones (excluding diaryl/α,β-unsaturated/α-hetero) is 1. The first-order valence-corrected chi connectivity index (χ1v) is 19.5. The van der Waals surface area contributed by atoms with E-state index >= 15 is 0 Å². The Morgan fingerprint density at radius 1 is 0.872 bits per heavy atom. The van der Waals surface area contributed by atoms with Crippen molar-refractivity contribution in [1.29, 1.82) is 0 Å². The van der Waals surface area contributed by atoms with Crippen LogP contribution in [0, 0.1) is 17.8 Å². The molecule has 0 amide bonds. The predicted molar refractivity (Wildman–Crippen MR) is 180 cm³/mol. The first-order valence-electron chi connectivity index (χ1n) is 17.9. The number of carbonyl (C=O) groups excluding carboxylic acids is 3. The van der Waals surface area contributed by atoms with E-state index in [0.717, 1.165) is 57.8 Å². The molecule has 4 N–H and O–H groups in total. The van der Waals surface area contributed by atoms with E-state index < -0.39 is 44.7 Å². The van der Waals surface area contributed by atoms with Gasteiger partial charge in [-0.05, 0) is 37.5 Å². The average Bonchev–Trinajstić information content (AvgIpc) is 3.27. The van der Waals surface area contributed by atoms with Crippen molar-refractivity contribution in [3.8, 4) is 0 Å². The SMILES string of the molecule is CCCCC[C@H](O)/C=C/[C@H]1C(=O)C[C@H](O)[C@@H]1CCCCCCC(=O)OC[C@H](COP(=O)(O)O)OC(=O)CCCCCCCCC(C)C. The van der Waals surface area contributed by atoms with E-state index in [2.05, 4.69) is 25.3 Å². The van der Waals surface area contributed by atoms with Crippen LogP contribution in [0.25, 0.3) is 0 Å². The summed E-state index contributed by atoms with van der Waals surface area (Å²) in [5, 5.41) is 20.6. The van der Waals surface area contributed by atoms with Gasteiger partial charge in [-0.2, -0.15) is 0 Å². The van der Waals surface area contributed by atoms with Gasteiger partial charge in [0.2, 0.25) is 0 Å². The van der Waals surface area contributed by atoms with Gasteiger partial charge in [0.15, 0.2) is 6.10 Å². The third kappa shape index (κ3) is 22.6. The van der Waals surface area contributed by atoms with Crippen molar-refractivity contribution >= 4 is 25.5 Å². The molecule has 0 spiro atoms. The maximum atomic E-state index is 12.4. The van der Waals surface area contributed by atoms with Crippen LogP contribution >= 0.6 is 7.82 Å². The van der Waals surface area contributed by atoms with Crippen molar-refractivity contribution in [1.82, 2.24) is 0 Å². The van der Waals surface area contributed by atoms with E-state index in [1.165, 1.54) is 19.3 Å². The number of unbranched alkanes of at least 4 members (excludes halogenated alkanes) is 10. The van der Waals surface area contributed by atoms with Crippen LogP contribution < -0.4 is 0 Å². The van der Waals surface area contributed by atoms with Crippen molar-refractivity contribution in [3.05, 3.63) is 12.2 Å². The zero-order valence-electron chi connectivity index (χ0n) is 29.1. The largest absolute Gasteiger partial charge is 0.469 e. The molecule has 274 valence electrons. The Morgan fingerprint density at radius 2 is 1.47 bits per heavy atom. The zero-order chi connectivity index (χ0) is 35.1. The van der Waals surface area contributed by atoms with Gasteiger partial charge >= 0.3 is 19.8 Å². The summed E-state index contributed by atoms with van der Waals surface area (Å²) in [6, 6.07) is 0. The zero-order valence-corrected chi connectivity index (χ0v) is 30.0. The van der Waals surface area contributed by atoms with Crippen LogP contribution in [-0.4, -0.2) is 69.2 Å². The minimum Gasteiger partial charge on any atom is -0.462 e. The van der Waals surface area contributed by atoms with E-state index in [1.807, 2.05) is 0 Å². The summed E-state index contributed by atoms with van der Waals surface area (Å²) >= 11 is 0. The van der Waals surface area contributed by atoms with E-state index in [0.29, 0.717) is 31.6 Å². The fourth-order valence-corrected chi connectivity index (χ4v) is 6.23. The van der Waals surface area contributed by atoms with E-state index in [-0.39, 0.29) is 43.5 Å². The molecule has 1 aliphatic carbocycles. The number of phosphoric ester groups is 1. The summed E-state index contributed by atoms with van der Waals surface area (Å²) in [5.74, 6) is -0.906. The summed E-state index contributed by atoms with van der Waals surface area (Å²) in [6.45, 7) is 5.56. The maximum absolute atomic E-state index is 12.4. The molecule has 47 heavy (non-hydrogen) atoms. The molecule has 0 unspecified atom stereocenters. The second-order valence-corrected chi connectivity index (χ2v) is 14.7. The molecule has 0 aromatic carbocycles. The first-order chi connectivity index (χ1) is 22.3. The standard InChI is InChI=1S/C35H63O11P/c1-4-5-12-18-28(36)22-23-31-30(32(37)24-33(31)38)19-14-10-11-15-20-34(39)44-25-29(26-45-47(41,42)43)46-35(40)21-16-9-7-6-8-13-17-27(2)3/h22-23,27-32,36-37H,4-21,24-26H2,1-3H3,(H2,41,42,43)/b23-22+/t28-,29+,30+,31+,32-/m0/s1. The van der Waals surface area contributed by atoms with E-state index in [1.54, 1.807) is 12.2 Å². The Labute approximate surface area is 282 Å². The summed E-state index contributed by atoms with van der Waals surface area (Å²) in [7, 11) is -4.80. The van der Waals surface area contributed by atoms with Crippen molar-refractivity contribution in [2.45, 2.75) is 161 Å². The number of allylic oxidation sites excluding steroid dienone is 1. The third-order valence-corrected chi connectivity index (χ3v) is 9.10. The summed E-state index contributed by atoms with van der Waals surface area (Å²) in [6.07, 6.45) is 16.0. The number of ether oxygens (including phenoxy) is 2. The molecule has 12 heteroatoms. The Kier molecular flexibility index (Phi) is 23.4. The summed E-state index contributed by atoms with van der Waals surface area (Å²) in [4.78, 5) is 55.2. The molecule has 0 heterocycles. The smallest absolute Gasteiger partial charge is 0.462 e. The number of hydrogen-bond acceptors (Lipinski definition) is 9.